The summed E-state index contributed by atoms with van der Waals surface area (Å²) < 4.78 is 49.1. The third-order valence-corrected chi connectivity index (χ3v) is 4.18. The van der Waals surface area contributed by atoms with Crippen LogP contribution < -0.4 is 0 Å². The first-order chi connectivity index (χ1) is 12.4. The van der Waals surface area contributed by atoms with E-state index >= 15 is 0 Å². The van der Waals surface area contributed by atoms with Gasteiger partial charge in [0.25, 0.3) is 0 Å². The summed E-state index contributed by atoms with van der Waals surface area (Å²) in [7, 11) is 1.38. The summed E-state index contributed by atoms with van der Waals surface area (Å²) in [6.45, 7) is 1.90. The van der Waals surface area contributed by atoms with Crippen molar-refractivity contribution in [1.82, 2.24) is 4.98 Å². The minimum Gasteiger partial charge on any atom is -0.432 e. The van der Waals surface area contributed by atoms with Crippen LogP contribution in [0.25, 0.3) is 22.6 Å². The Morgan fingerprint density at radius 3 is 2.15 bits per heavy atom. The van der Waals surface area contributed by atoms with Crippen molar-refractivity contribution >= 4 is 12.0 Å². The molecule has 0 fully saturated rings. The van der Waals surface area contributed by atoms with Crippen LogP contribution in [0.5, 0.6) is 0 Å². The molecule has 0 saturated heterocycles. The summed E-state index contributed by atoms with van der Waals surface area (Å²) in [5.41, 5.74) is 2.16. The van der Waals surface area contributed by atoms with Crippen LogP contribution in [0, 0.1) is 6.92 Å². The molecule has 0 aliphatic rings. The Hall–Kier alpha value is -2.29. The van der Waals surface area contributed by atoms with Gasteiger partial charge >= 0.3 is 12.1 Å². The van der Waals surface area contributed by atoms with Crippen LogP contribution in [0.15, 0.2) is 57.8 Å². The molecule has 0 unspecified atom stereocenters. The highest BCUT2D eigenvalue weighted by Crippen LogP contribution is 2.38. The molecule has 0 atom stereocenters. The monoisotopic (exact) mass is 381 g/mol. The van der Waals surface area contributed by atoms with E-state index in [-0.39, 0.29) is 11.5 Å². The summed E-state index contributed by atoms with van der Waals surface area (Å²) in [5, 5.41) is 0. The third kappa shape index (κ3) is 4.09. The second kappa shape index (κ2) is 7.53. The summed E-state index contributed by atoms with van der Waals surface area (Å²) in [6, 6.07) is 13.7. The van der Waals surface area contributed by atoms with Crippen molar-refractivity contribution in [2.45, 2.75) is 18.0 Å². The highest BCUT2D eigenvalue weighted by molar-refractivity contribution is 7.94. The number of halogens is 3. The molecule has 1 heterocycles. The van der Waals surface area contributed by atoms with Crippen molar-refractivity contribution in [3.8, 4) is 22.6 Å². The zero-order valence-electron chi connectivity index (χ0n) is 13.8. The summed E-state index contributed by atoms with van der Waals surface area (Å²) in [4.78, 5) is 8.91. The fourth-order valence-electron chi connectivity index (χ4n) is 2.28. The Kier molecular flexibility index (Phi) is 5.36. The van der Waals surface area contributed by atoms with E-state index in [1.54, 1.807) is 36.4 Å². The number of rotatable bonds is 5. The maximum Gasteiger partial charge on any atom is 0.468 e. The molecule has 0 aliphatic carbocycles. The molecule has 0 aliphatic heterocycles. The van der Waals surface area contributed by atoms with Crippen molar-refractivity contribution < 1.29 is 26.8 Å². The highest BCUT2D eigenvalue weighted by Gasteiger charge is 2.39. The van der Waals surface area contributed by atoms with Crippen LogP contribution in [-0.2, 0) is 15.4 Å². The van der Waals surface area contributed by atoms with E-state index in [0.717, 1.165) is 22.5 Å². The lowest BCUT2D eigenvalue weighted by Crippen LogP contribution is -2.04. The minimum absolute atomic E-state index is 0.0605. The Labute approximate surface area is 152 Å². The molecule has 26 heavy (non-hydrogen) atoms. The molecule has 0 radical (unpaired) electrons. The van der Waals surface area contributed by atoms with Gasteiger partial charge in [0.2, 0.25) is 0 Å². The van der Waals surface area contributed by atoms with Gasteiger partial charge in [0.1, 0.15) is 5.69 Å². The van der Waals surface area contributed by atoms with Crippen molar-refractivity contribution in [3.63, 3.8) is 0 Å². The Bertz CT molecular complexity index is 874. The SMILES string of the molecule is COOSc1ccc(-c2oc(C(F)(F)F)nc2-c2ccc(C)cc2)cc1. The average Bonchev–Trinajstić information content (AvgIpc) is 3.07. The molecular formula is C18H14F3NO3S. The number of nitrogens with zero attached hydrogens (tertiary/aromatic N) is 1. The van der Waals surface area contributed by atoms with E-state index in [1.807, 2.05) is 19.1 Å². The number of benzene rings is 2. The topological polar surface area (TPSA) is 44.5 Å². The van der Waals surface area contributed by atoms with E-state index in [1.165, 1.54) is 7.11 Å². The van der Waals surface area contributed by atoms with Crippen LogP contribution in [0.3, 0.4) is 0 Å². The smallest absolute Gasteiger partial charge is 0.432 e. The number of hydrogen-bond donors (Lipinski definition) is 0. The van der Waals surface area contributed by atoms with Gasteiger partial charge in [0.15, 0.2) is 5.76 Å². The van der Waals surface area contributed by atoms with Gasteiger partial charge < -0.3 is 4.42 Å². The molecule has 2 aromatic carbocycles. The molecule has 4 nitrogen and oxygen atoms in total. The molecule has 8 heteroatoms. The third-order valence-electron chi connectivity index (χ3n) is 3.51. The molecule has 0 amide bonds. The summed E-state index contributed by atoms with van der Waals surface area (Å²) in [6.07, 6.45) is -4.67. The molecule has 1 aromatic heterocycles. The zero-order valence-corrected chi connectivity index (χ0v) is 14.6. The quantitative estimate of drug-likeness (QED) is 0.312. The van der Waals surface area contributed by atoms with Crippen LogP contribution in [0.1, 0.15) is 11.5 Å². The molecule has 0 N–H and O–H groups in total. The predicted octanol–water partition coefficient (Wildman–Crippen LogP) is 5.92. The van der Waals surface area contributed by atoms with E-state index < -0.39 is 12.1 Å². The lowest BCUT2D eigenvalue weighted by Gasteiger charge is -2.04. The minimum atomic E-state index is -4.67. The molecule has 0 bridgehead atoms. The lowest BCUT2D eigenvalue weighted by molar-refractivity contribution is -0.160. The van der Waals surface area contributed by atoms with Gasteiger partial charge in [-0.25, -0.2) is 9.87 Å². The Morgan fingerprint density at radius 2 is 1.58 bits per heavy atom. The number of aryl methyl sites for hydroxylation is 1. The average molecular weight is 381 g/mol. The second-order valence-corrected chi connectivity index (χ2v) is 6.18. The second-order valence-electron chi connectivity index (χ2n) is 5.40. The molecule has 0 spiro atoms. The van der Waals surface area contributed by atoms with Gasteiger partial charge in [-0.2, -0.15) is 17.5 Å². The number of oxazole rings is 1. The fourth-order valence-corrected chi connectivity index (χ4v) is 2.67. The maximum absolute atomic E-state index is 13.1. The van der Waals surface area contributed by atoms with Crippen molar-refractivity contribution in [1.29, 1.82) is 0 Å². The number of aromatic nitrogens is 1. The van der Waals surface area contributed by atoms with E-state index in [9.17, 15) is 13.2 Å². The molecule has 0 saturated carbocycles. The van der Waals surface area contributed by atoms with Crippen LogP contribution in [-0.4, -0.2) is 12.1 Å². The molecular weight excluding hydrogens is 367 g/mol. The van der Waals surface area contributed by atoms with E-state index in [2.05, 4.69) is 9.87 Å². The first kappa shape index (κ1) is 18.5. The summed E-state index contributed by atoms with van der Waals surface area (Å²) >= 11 is 0.987. The largest absolute Gasteiger partial charge is 0.468 e. The van der Waals surface area contributed by atoms with Crippen molar-refractivity contribution in [2.24, 2.45) is 0 Å². The lowest BCUT2D eigenvalue weighted by atomic mass is 10.0. The van der Waals surface area contributed by atoms with Gasteiger partial charge in [-0.15, -0.1) is 0 Å². The van der Waals surface area contributed by atoms with Crippen molar-refractivity contribution in [2.75, 3.05) is 7.11 Å². The van der Waals surface area contributed by atoms with Gasteiger partial charge in [0.05, 0.1) is 19.2 Å². The highest BCUT2D eigenvalue weighted by atomic mass is 32.2. The Balaban J connectivity index is 2.04. The van der Waals surface area contributed by atoms with Gasteiger partial charge in [0, 0.05) is 16.0 Å². The normalized spacial score (nSPS) is 11.7. The van der Waals surface area contributed by atoms with Crippen LogP contribution >= 0.6 is 12.0 Å². The molecule has 3 aromatic rings. The Morgan fingerprint density at radius 1 is 0.962 bits per heavy atom. The maximum atomic E-state index is 13.1. The fraction of sp³-hybridized carbons (Fsp3) is 0.167. The predicted molar refractivity (Wildman–Crippen MR) is 91.1 cm³/mol. The first-order valence-electron chi connectivity index (χ1n) is 7.51. The molecule has 3 rings (SSSR count). The van der Waals surface area contributed by atoms with Gasteiger partial charge in [-0.3, -0.25) is 0 Å². The number of hydrogen-bond acceptors (Lipinski definition) is 5. The first-order valence-corrected chi connectivity index (χ1v) is 8.25. The summed E-state index contributed by atoms with van der Waals surface area (Å²) in [5.74, 6) is -1.21. The van der Waals surface area contributed by atoms with E-state index in [0.29, 0.717) is 11.1 Å². The van der Waals surface area contributed by atoms with Gasteiger partial charge in [-0.1, -0.05) is 29.8 Å². The zero-order chi connectivity index (χ0) is 18.7. The standard InChI is InChI=1S/C18H14F3NO3S/c1-11-3-5-12(6-4-11)15-16(24-17(22-15)18(19,20)21)13-7-9-14(10-8-13)26-25-23-2/h3-10H,1-2H3. The van der Waals surface area contributed by atoms with Crippen molar-refractivity contribution in [3.05, 3.63) is 60.0 Å². The van der Waals surface area contributed by atoms with Crippen LogP contribution in [0.2, 0.25) is 0 Å². The molecule has 136 valence electrons. The number of alkyl halides is 3. The van der Waals surface area contributed by atoms with E-state index in [4.69, 9.17) is 8.75 Å². The van der Waals surface area contributed by atoms with Crippen LogP contribution in [0.4, 0.5) is 13.2 Å². The van der Waals surface area contributed by atoms with Gasteiger partial charge in [-0.05, 0) is 31.2 Å².